The van der Waals surface area contributed by atoms with Crippen molar-refractivity contribution in [2.75, 3.05) is 11.5 Å². The minimum absolute atomic E-state index is 0.0725. The third-order valence-corrected chi connectivity index (χ3v) is 3.44. The molecule has 2 rings (SSSR count). The third kappa shape index (κ3) is 3.76. The Bertz CT molecular complexity index is 734. The Labute approximate surface area is 138 Å². The molecule has 0 spiro atoms. The van der Waals surface area contributed by atoms with Gasteiger partial charge in [-0.2, -0.15) is 0 Å². The van der Waals surface area contributed by atoms with Crippen molar-refractivity contribution in [3.05, 3.63) is 65.7 Å². The fraction of sp³-hybridized carbons (Fsp3) is 0.222. The summed E-state index contributed by atoms with van der Waals surface area (Å²) >= 11 is 0. The Balaban J connectivity index is 2.46. The largest absolute Gasteiger partial charge is 0.464 e. The average molecular weight is 333 g/mol. The molecule has 126 valence electrons. The first kappa shape index (κ1) is 17.6. The van der Waals surface area contributed by atoms with Crippen LogP contribution in [-0.2, 0) is 9.53 Å². The molecule has 0 saturated carbocycles. The number of hydrogen-bond donors (Lipinski definition) is 0. The number of ether oxygens (including phenoxy) is 1. The van der Waals surface area contributed by atoms with Crippen molar-refractivity contribution in [1.29, 1.82) is 0 Å². The van der Waals surface area contributed by atoms with Crippen molar-refractivity contribution in [2.24, 2.45) is 0 Å². The molecule has 0 aliphatic heterocycles. The molecule has 1 atom stereocenters. The van der Waals surface area contributed by atoms with Crippen LogP contribution in [0.5, 0.6) is 0 Å². The molecule has 24 heavy (non-hydrogen) atoms. The highest BCUT2D eigenvalue weighted by molar-refractivity contribution is 6.09. The van der Waals surface area contributed by atoms with Gasteiger partial charge in [-0.25, -0.2) is 13.6 Å². The fourth-order valence-electron chi connectivity index (χ4n) is 2.24. The summed E-state index contributed by atoms with van der Waals surface area (Å²) in [4.78, 5) is 25.9. The Hall–Kier alpha value is -2.76. The number of carbonyl (C=O) groups is 2. The third-order valence-electron chi connectivity index (χ3n) is 3.44. The molecule has 0 aromatic heterocycles. The van der Waals surface area contributed by atoms with Crippen LogP contribution in [-0.4, -0.2) is 24.5 Å². The number of rotatable bonds is 5. The summed E-state index contributed by atoms with van der Waals surface area (Å²) in [7, 11) is 0. The summed E-state index contributed by atoms with van der Waals surface area (Å²) in [5.41, 5.74) is 0.390. The van der Waals surface area contributed by atoms with E-state index >= 15 is 0 Å². The Morgan fingerprint density at radius 1 is 1.08 bits per heavy atom. The molecule has 0 aliphatic rings. The lowest BCUT2D eigenvalue weighted by Gasteiger charge is -2.28. The van der Waals surface area contributed by atoms with E-state index in [9.17, 15) is 18.4 Å². The van der Waals surface area contributed by atoms with Gasteiger partial charge in [-0.15, -0.1) is 0 Å². The lowest BCUT2D eigenvalue weighted by Crippen LogP contribution is -2.44. The minimum Gasteiger partial charge on any atom is -0.464 e. The Kier molecular flexibility index (Phi) is 5.63. The predicted molar refractivity (Wildman–Crippen MR) is 85.7 cm³/mol. The molecule has 0 fully saturated rings. The van der Waals surface area contributed by atoms with Gasteiger partial charge in [0.15, 0.2) is 11.6 Å². The van der Waals surface area contributed by atoms with Gasteiger partial charge in [0, 0.05) is 17.3 Å². The molecule has 0 heterocycles. The topological polar surface area (TPSA) is 46.6 Å². The smallest absolute Gasteiger partial charge is 0.328 e. The monoisotopic (exact) mass is 333 g/mol. The lowest BCUT2D eigenvalue weighted by molar-refractivity contribution is -0.144. The zero-order valence-corrected chi connectivity index (χ0v) is 13.3. The molecule has 2 aromatic carbocycles. The number of amides is 1. The molecule has 0 bridgehead atoms. The van der Waals surface area contributed by atoms with Crippen molar-refractivity contribution in [1.82, 2.24) is 0 Å². The second-order valence-electron chi connectivity index (χ2n) is 5.07. The number of halogens is 2. The van der Waals surface area contributed by atoms with E-state index < -0.39 is 29.6 Å². The molecule has 1 amide bonds. The van der Waals surface area contributed by atoms with Crippen LogP contribution in [0.3, 0.4) is 0 Å². The molecule has 0 N–H and O–H groups in total. The van der Waals surface area contributed by atoms with Crippen LogP contribution in [0.1, 0.15) is 24.2 Å². The van der Waals surface area contributed by atoms with Gasteiger partial charge in [-0.05, 0) is 38.1 Å². The zero-order valence-electron chi connectivity index (χ0n) is 13.3. The Morgan fingerprint density at radius 3 is 2.33 bits per heavy atom. The molecule has 0 aliphatic carbocycles. The summed E-state index contributed by atoms with van der Waals surface area (Å²) in [5.74, 6) is -3.28. The molecule has 2 aromatic rings. The van der Waals surface area contributed by atoms with Gasteiger partial charge in [0.2, 0.25) is 0 Å². The first-order valence-corrected chi connectivity index (χ1v) is 7.46. The molecule has 0 saturated heterocycles. The summed E-state index contributed by atoms with van der Waals surface area (Å²) in [6, 6.07) is 10.3. The van der Waals surface area contributed by atoms with Gasteiger partial charge < -0.3 is 4.74 Å². The molecule has 0 unspecified atom stereocenters. The molecule has 0 radical (unpaired) electrons. The zero-order chi connectivity index (χ0) is 17.7. The fourth-order valence-corrected chi connectivity index (χ4v) is 2.24. The van der Waals surface area contributed by atoms with E-state index in [1.807, 2.05) is 0 Å². The average Bonchev–Trinajstić information content (AvgIpc) is 2.59. The number of nitrogens with zero attached hydrogens (tertiary/aromatic N) is 1. The summed E-state index contributed by atoms with van der Waals surface area (Å²) in [6.07, 6.45) is 0. The number of esters is 1. The minimum atomic E-state index is -1.10. The first-order chi connectivity index (χ1) is 11.5. The summed E-state index contributed by atoms with van der Waals surface area (Å²) in [5, 5.41) is 0. The van der Waals surface area contributed by atoms with Crippen molar-refractivity contribution < 1.29 is 23.1 Å². The van der Waals surface area contributed by atoms with Crippen LogP contribution in [0.15, 0.2) is 48.5 Å². The highest BCUT2D eigenvalue weighted by Crippen LogP contribution is 2.23. The Morgan fingerprint density at radius 2 is 1.75 bits per heavy atom. The number of hydrogen-bond acceptors (Lipinski definition) is 3. The quantitative estimate of drug-likeness (QED) is 0.786. The highest BCUT2D eigenvalue weighted by Gasteiger charge is 2.29. The van der Waals surface area contributed by atoms with Crippen molar-refractivity contribution >= 4 is 17.6 Å². The number of benzene rings is 2. The van der Waals surface area contributed by atoms with E-state index in [-0.39, 0.29) is 12.3 Å². The van der Waals surface area contributed by atoms with Gasteiger partial charge in [-0.1, -0.05) is 18.2 Å². The van der Waals surface area contributed by atoms with E-state index in [2.05, 4.69) is 0 Å². The molecular weight excluding hydrogens is 316 g/mol. The van der Waals surface area contributed by atoms with Gasteiger partial charge in [0.1, 0.15) is 6.04 Å². The summed E-state index contributed by atoms with van der Waals surface area (Å²) < 4.78 is 31.7. The van der Waals surface area contributed by atoms with Gasteiger partial charge >= 0.3 is 5.97 Å². The van der Waals surface area contributed by atoms with E-state index in [1.54, 1.807) is 37.3 Å². The predicted octanol–water partition coefficient (Wildman–Crippen LogP) is 3.56. The van der Waals surface area contributed by atoms with Crippen LogP contribution < -0.4 is 4.90 Å². The van der Waals surface area contributed by atoms with Gasteiger partial charge in [0.25, 0.3) is 5.91 Å². The van der Waals surface area contributed by atoms with Crippen molar-refractivity contribution in [3.63, 3.8) is 0 Å². The van der Waals surface area contributed by atoms with Crippen molar-refractivity contribution in [2.45, 2.75) is 19.9 Å². The van der Waals surface area contributed by atoms with E-state index in [1.165, 1.54) is 13.0 Å². The normalized spacial score (nSPS) is 11.7. The SMILES string of the molecule is CCOC(=O)[C@H](C)N(C(=O)c1ccccc1)c1ccc(F)c(F)c1. The molecule has 6 heteroatoms. The highest BCUT2D eigenvalue weighted by atomic mass is 19.2. The maximum absolute atomic E-state index is 13.6. The van der Waals surface area contributed by atoms with Crippen molar-refractivity contribution in [3.8, 4) is 0 Å². The molecular formula is C18H17F2NO3. The maximum Gasteiger partial charge on any atom is 0.328 e. The number of anilines is 1. The first-order valence-electron chi connectivity index (χ1n) is 7.46. The van der Waals surface area contributed by atoms with Gasteiger partial charge in [-0.3, -0.25) is 9.69 Å². The second-order valence-corrected chi connectivity index (χ2v) is 5.07. The van der Waals surface area contributed by atoms with E-state index in [0.29, 0.717) is 5.56 Å². The van der Waals surface area contributed by atoms with E-state index in [0.717, 1.165) is 17.0 Å². The van der Waals surface area contributed by atoms with Crippen LogP contribution in [0.25, 0.3) is 0 Å². The van der Waals surface area contributed by atoms with Gasteiger partial charge in [0.05, 0.1) is 6.61 Å². The van der Waals surface area contributed by atoms with Crippen LogP contribution >= 0.6 is 0 Å². The maximum atomic E-state index is 13.6. The standard InChI is InChI=1S/C18H17F2NO3/c1-3-24-18(23)12(2)21(14-9-10-15(19)16(20)11-14)17(22)13-7-5-4-6-8-13/h4-12H,3H2,1-2H3/t12-/m0/s1. The second kappa shape index (κ2) is 7.68. The molecule has 4 nitrogen and oxygen atoms in total. The van der Waals surface area contributed by atoms with Crippen LogP contribution in [0.4, 0.5) is 14.5 Å². The van der Waals surface area contributed by atoms with Crippen LogP contribution in [0.2, 0.25) is 0 Å². The number of carbonyl (C=O) groups excluding carboxylic acids is 2. The van der Waals surface area contributed by atoms with Crippen LogP contribution in [0, 0.1) is 11.6 Å². The summed E-state index contributed by atoms with van der Waals surface area (Å²) in [6.45, 7) is 3.26. The van der Waals surface area contributed by atoms with E-state index in [4.69, 9.17) is 4.74 Å². The lowest BCUT2D eigenvalue weighted by atomic mass is 10.1.